The van der Waals surface area contributed by atoms with Gasteiger partial charge in [-0.05, 0) is 37.8 Å². The molecule has 0 radical (unpaired) electrons. The monoisotopic (exact) mass is 322 g/mol. The molecule has 0 fully saturated rings. The van der Waals surface area contributed by atoms with Crippen molar-refractivity contribution in [1.29, 1.82) is 0 Å². The summed E-state index contributed by atoms with van der Waals surface area (Å²) in [6.07, 6.45) is 2.75. The van der Waals surface area contributed by atoms with Crippen LogP contribution in [0, 0.1) is 12.8 Å². The third-order valence-electron chi connectivity index (χ3n) is 3.47. The van der Waals surface area contributed by atoms with Gasteiger partial charge in [-0.1, -0.05) is 13.3 Å². The number of furan rings is 1. The summed E-state index contributed by atoms with van der Waals surface area (Å²) < 4.78 is 5.51. The van der Waals surface area contributed by atoms with Gasteiger partial charge in [-0.25, -0.2) is 4.98 Å². The predicted molar refractivity (Wildman–Crippen MR) is 87.0 cm³/mol. The molecule has 6 heteroatoms. The zero-order valence-electron chi connectivity index (χ0n) is 13.0. The summed E-state index contributed by atoms with van der Waals surface area (Å²) in [6.45, 7) is 4.70. The summed E-state index contributed by atoms with van der Waals surface area (Å²) in [6, 6.07) is 3.73. The second kappa shape index (κ2) is 8.10. The molecule has 0 saturated heterocycles. The van der Waals surface area contributed by atoms with E-state index in [1.165, 1.54) is 11.3 Å². The van der Waals surface area contributed by atoms with E-state index in [0.29, 0.717) is 35.3 Å². The van der Waals surface area contributed by atoms with Crippen molar-refractivity contribution >= 4 is 17.2 Å². The Labute approximate surface area is 134 Å². The minimum absolute atomic E-state index is 0.152. The number of aromatic nitrogens is 1. The van der Waals surface area contributed by atoms with Gasteiger partial charge in [0.25, 0.3) is 5.91 Å². The molecule has 0 aliphatic heterocycles. The molecule has 5 nitrogen and oxygen atoms in total. The Morgan fingerprint density at radius 3 is 2.91 bits per heavy atom. The molecule has 1 amide bonds. The fraction of sp³-hybridized carbons (Fsp3) is 0.500. The van der Waals surface area contributed by atoms with E-state index in [9.17, 15) is 4.79 Å². The fourth-order valence-electron chi connectivity index (χ4n) is 2.31. The molecule has 0 spiro atoms. The summed E-state index contributed by atoms with van der Waals surface area (Å²) in [5, 5.41) is 14.4. The molecule has 0 aromatic carbocycles. The van der Waals surface area contributed by atoms with E-state index in [4.69, 9.17) is 9.52 Å². The topological polar surface area (TPSA) is 75.4 Å². The van der Waals surface area contributed by atoms with E-state index in [0.717, 1.165) is 18.6 Å². The number of carbonyl (C=O) groups is 1. The van der Waals surface area contributed by atoms with Crippen LogP contribution >= 0.6 is 11.3 Å². The molecule has 0 saturated carbocycles. The lowest BCUT2D eigenvalue weighted by Crippen LogP contribution is -2.30. The van der Waals surface area contributed by atoms with Gasteiger partial charge in [0.05, 0.1) is 0 Å². The average molecular weight is 322 g/mol. The highest BCUT2D eigenvalue weighted by atomic mass is 32.1. The second-order valence-corrected chi connectivity index (χ2v) is 6.18. The van der Waals surface area contributed by atoms with Gasteiger partial charge in [0.1, 0.15) is 11.5 Å². The number of rotatable bonds is 8. The van der Waals surface area contributed by atoms with Crippen LogP contribution in [0.4, 0.5) is 0 Å². The summed E-state index contributed by atoms with van der Waals surface area (Å²) >= 11 is 1.39. The Bertz CT molecular complexity index is 600. The number of aliphatic hydroxyl groups is 1. The third-order valence-corrected chi connectivity index (χ3v) is 4.33. The zero-order valence-corrected chi connectivity index (χ0v) is 13.8. The number of thiazole rings is 1. The molecule has 2 heterocycles. The number of amides is 1. The molecule has 22 heavy (non-hydrogen) atoms. The Hall–Kier alpha value is -1.66. The average Bonchev–Trinajstić information content (AvgIpc) is 3.13. The molecule has 1 unspecified atom stereocenters. The van der Waals surface area contributed by atoms with Gasteiger partial charge in [-0.15, -0.1) is 11.3 Å². The number of nitrogens with zero attached hydrogens (tertiary/aromatic N) is 1. The van der Waals surface area contributed by atoms with E-state index < -0.39 is 0 Å². The van der Waals surface area contributed by atoms with Crippen molar-refractivity contribution in [3.8, 4) is 10.8 Å². The van der Waals surface area contributed by atoms with E-state index in [2.05, 4.69) is 17.2 Å². The van der Waals surface area contributed by atoms with Gasteiger partial charge in [-0.3, -0.25) is 4.79 Å². The van der Waals surface area contributed by atoms with Crippen LogP contribution < -0.4 is 5.32 Å². The van der Waals surface area contributed by atoms with Crippen LogP contribution in [0.1, 0.15) is 42.4 Å². The van der Waals surface area contributed by atoms with Crippen LogP contribution in [0.3, 0.4) is 0 Å². The first-order valence-electron chi connectivity index (χ1n) is 7.55. The standard InChI is InChI=1S/C16H22N2O3S/c1-3-4-12(7-8-19)9-17-15(20)13-10-22-16(18-13)14-6-5-11(2)21-14/h5-6,10,12,19H,3-4,7-9H2,1-2H3,(H,17,20). The lowest BCUT2D eigenvalue weighted by molar-refractivity contribution is 0.0938. The van der Waals surface area contributed by atoms with Crippen molar-refractivity contribution in [3.63, 3.8) is 0 Å². The van der Waals surface area contributed by atoms with E-state index in [-0.39, 0.29) is 12.5 Å². The van der Waals surface area contributed by atoms with Gasteiger partial charge in [0, 0.05) is 18.5 Å². The number of hydrogen-bond acceptors (Lipinski definition) is 5. The van der Waals surface area contributed by atoms with Crippen LogP contribution in [0.25, 0.3) is 10.8 Å². The smallest absolute Gasteiger partial charge is 0.270 e. The summed E-state index contributed by atoms with van der Waals surface area (Å²) in [4.78, 5) is 16.5. The minimum atomic E-state index is -0.176. The Morgan fingerprint density at radius 2 is 2.27 bits per heavy atom. The van der Waals surface area contributed by atoms with Gasteiger partial charge in [-0.2, -0.15) is 0 Å². The highest BCUT2D eigenvalue weighted by Gasteiger charge is 2.15. The minimum Gasteiger partial charge on any atom is -0.459 e. The van der Waals surface area contributed by atoms with Crippen molar-refractivity contribution in [1.82, 2.24) is 10.3 Å². The molecular formula is C16H22N2O3S. The second-order valence-electron chi connectivity index (χ2n) is 5.33. The number of carbonyl (C=O) groups excluding carboxylic acids is 1. The highest BCUT2D eigenvalue weighted by Crippen LogP contribution is 2.25. The molecule has 2 rings (SSSR count). The van der Waals surface area contributed by atoms with Gasteiger partial charge in [0.15, 0.2) is 10.8 Å². The first-order chi connectivity index (χ1) is 10.6. The number of nitrogens with one attached hydrogen (secondary N) is 1. The summed E-state index contributed by atoms with van der Waals surface area (Å²) in [5.74, 6) is 1.64. The van der Waals surface area contributed by atoms with Crippen LogP contribution in [0.2, 0.25) is 0 Å². The predicted octanol–water partition coefficient (Wildman–Crippen LogP) is 3.24. The molecule has 0 aliphatic rings. The van der Waals surface area contributed by atoms with Gasteiger partial charge in [0.2, 0.25) is 0 Å². The first-order valence-corrected chi connectivity index (χ1v) is 8.43. The van der Waals surface area contributed by atoms with Crippen LogP contribution in [-0.4, -0.2) is 29.1 Å². The Balaban J connectivity index is 1.94. The molecule has 0 aliphatic carbocycles. The van der Waals surface area contributed by atoms with Crippen molar-refractivity contribution in [2.45, 2.75) is 33.1 Å². The molecule has 2 aromatic rings. The third kappa shape index (κ3) is 4.42. The van der Waals surface area contributed by atoms with Gasteiger partial charge >= 0.3 is 0 Å². The van der Waals surface area contributed by atoms with Crippen molar-refractivity contribution in [2.75, 3.05) is 13.2 Å². The quantitative estimate of drug-likeness (QED) is 0.782. The summed E-state index contributed by atoms with van der Waals surface area (Å²) in [5.41, 5.74) is 0.410. The van der Waals surface area contributed by atoms with Crippen LogP contribution in [-0.2, 0) is 0 Å². The number of hydrogen-bond donors (Lipinski definition) is 2. The molecule has 2 N–H and O–H groups in total. The lowest BCUT2D eigenvalue weighted by atomic mass is 10.0. The van der Waals surface area contributed by atoms with Crippen molar-refractivity contribution in [2.24, 2.45) is 5.92 Å². The van der Waals surface area contributed by atoms with Crippen molar-refractivity contribution < 1.29 is 14.3 Å². The fourth-order valence-corrected chi connectivity index (χ4v) is 3.07. The molecule has 0 bridgehead atoms. The van der Waals surface area contributed by atoms with E-state index in [1.807, 2.05) is 19.1 Å². The van der Waals surface area contributed by atoms with Crippen molar-refractivity contribution in [3.05, 3.63) is 29.0 Å². The zero-order chi connectivity index (χ0) is 15.9. The first kappa shape index (κ1) is 16.7. The Morgan fingerprint density at radius 1 is 1.45 bits per heavy atom. The Kier molecular flexibility index (Phi) is 6.15. The molecule has 120 valence electrons. The van der Waals surface area contributed by atoms with Gasteiger partial charge < -0.3 is 14.8 Å². The number of aryl methyl sites for hydroxylation is 1. The molecular weight excluding hydrogens is 300 g/mol. The number of aliphatic hydroxyl groups excluding tert-OH is 1. The lowest BCUT2D eigenvalue weighted by Gasteiger charge is -2.14. The van der Waals surface area contributed by atoms with Crippen LogP contribution in [0.5, 0.6) is 0 Å². The normalized spacial score (nSPS) is 12.3. The molecule has 2 aromatic heterocycles. The highest BCUT2D eigenvalue weighted by molar-refractivity contribution is 7.13. The SMILES string of the molecule is CCCC(CCO)CNC(=O)c1csc(-c2ccc(C)o2)n1. The maximum Gasteiger partial charge on any atom is 0.270 e. The largest absolute Gasteiger partial charge is 0.459 e. The van der Waals surface area contributed by atoms with Crippen LogP contribution in [0.15, 0.2) is 21.9 Å². The maximum absolute atomic E-state index is 12.1. The maximum atomic E-state index is 12.1. The van der Waals surface area contributed by atoms with E-state index >= 15 is 0 Å². The van der Waals surface area contributed by atoms with E-state index in [1.54, 1.807) is 5.38 Å². The summed E-state index contributed by atoms with van der Waals surface area (Å²) in [7, 11) is 0. The molecule has 1 atom stereocenters.